The average molecular weight is 294 g/mol. The Kier molecular flexibility index (Phi) is 4.26. The van der Waals surface area contributed by atoms with Crippen molar-refractivity contribution < 1.29 is 18.0 Å². The normalized spacial score (nSPS) is 12.8. The van der Waals surface area contributed by atoms with Gasteiger partial charge in [0.05, 0.1) is 17.3 Å². The lowest BCUT2D eigenvalue weighted by atomic mass is 10.1. The van der Waals surface area contributed by atoms with Crippen LogP contribution in [-0.4, -0.2) is 10.9 Å². The van der Waals surface area contributed by atoms with Crippen LogP contribution in [0.25, 0.3) is 0 Å². The van der Waals surface area contributed by atoms with Crippen molar-refractivity contribution in [2.75, 3.05) is 0 Å². The molecule has 1 N–H and O–H groups in total. The molecule has 21 heavy (non-hydrogen) atoms. The van der Waals surface area contributed by atoms with Gasteiger partial charge >= 0.3 is 6.18 Å². The molecule has 0 bridgehead atoms. The number of amides is 1. The fourth-order valence-electron chi connectivity index (χ4n) is 1.82. The minimum atomic E-state index is -4.47. The van der Waals surface area contributed by atoms with Gasteiger partial charge in [-0.3, -0.25) is 9.78 Å². The van der Waals surface area contributed by atoms with E-state index in [0.29, 0.717) is 5.69 Å². The topological polar surface area (TPSA) is 42.0 Å². The number of hydrogen-bond acceptors (Lipinski definition) is 2. The zero-order chi connectivity index (χ0) is 15.5. The van der Waals surface area contributed by atoms with Gasteiger partial charge in [-0.1, -0.05) is 12.1 Å². The molecule has 1 atom stereocenters. The number of pyridine rings is 1. The second-order valence-corrected chi connectivity index (χ2v) is 4.53. The largest absolute Gasteiger partial charge is 0.416 e. The molecule has 0 saturated heterocycles. The third-order valence-electron chi connectivity index (χ3n) is 2.93. The van der Waals surface area contributed by atoms with E-state index in [-0.39, 0.29) is 5.56 Å². The molecule has 0 aliphatic rings. The molecule has 0 spiro atoms. The molecule has 2 aromatic rings. The van der Waals surface area contributed by atoms with Gasteiger partial charge in [0.2, 0.25) is 0 Å². The van der Waals surface area contributed by atoms with Crippen LogP contribution in [0.3, 0.4) is 0 Å². The minimum Gasteiger partial charge on any atom is -0.344 e. The van der Waals surface area contributed by atoms with Gasteiger partial charge in [0.25, 0.3) is 5.91 Å². The number of halogens is 3. The molecule has 1 unspecified atom stereocenters. The van der Waals surface area contributed by atoms with E-state index < -0.39 is 23.7 Å². The van der Waals surface area contributed by atoms with Crippen molar-refractivity contribution in [1.82, 2.24) is 10.3 Å². The van der Waals surface area contributed by atoms with Crippen LogP contribution in [0.15, 0.2) is 48.7 Å². The van der Waals surface area contributed by atoms with Crippen molar-refractivity contribution in [2.45, 2.75) is 19.1 Å². The number of alkyl halides is 3. The van der Waals surface area contributed by atoms with Crippen molar-refractivity contribution in [3.8, 4) is 0 Å². The Morgan fingerprint density at radius 1 is 1.19 bits per heavy atom. The number of nitrogens with zero attached hydrogens (tertiary/aromatic N) is 1. The summed E-state index contributed by atoms with van der Waals surface area (Å²) in [4.78, 5) is 16.1. The lowest BCUT2D eigenvalue weighted by Crippen LogP contribution is -2.27. The third kappa shape index (κ3) is 3.81. The number of rotatable bonds is 3. The highest BCUT2D eigenvalue weighted by Crippen LogP contribution is 2.29. The predicted octanol–water partition coefficient (Wildman–Crippen LogP) is 3.59. The standard InChI is InChI=1S/C15H13F3N2O/c1-10(13-7-2-3-8-19-13)20-14(21)11-5-4-6-12(9-11)15(16,17)18/h2-10H,1H3,(H,20,21). The van der Waals surface area contributed by atoms with Gasteiger partial charge in [-0.2, -0.15) is 13.2 Å². The maximum absolute atomic E-state index is 12.6. The third-order valence-corrected chi connectivity index (χ3v) is 2.93. The van der Waals surface area contributed by atoms with E-state index in [9.17, 15) is 18.0 Å². The van der Waals surface area contributed by atoms with Crippen LogP contribution in [0, 0.1) is 0 Å². The van der Waals surface area contributed by atoms with Gasteiger partial charge in [-0.05, 0) is 37.3 Å². The zero-order valence-electron chi connectivity index (χ0n) is 11.2. The van der Waals surface area contributed by atoms with Crippen LogP contribution < -0.4 is 5.32 Å². The van der Waals surface area contributed by atoms with Crippen LogP contribution >= 0.6 is 0 Å². The van der Waals surface area contributed by atoms with Gasteiger partial charge in [-0.15, -0.1) is 0 Å². The Balaban J connectivity index is 2.14. The molecule has 1 heterocycles. The Bertz CT molecular complexity index is 626. The summed E-state index contributed by atoms with van der Waals surface area (Å²) < 4.78 is 37.9. The number of carbonyl (C=O) groups is 1. The highest BCUT2D eigenvalue weighted by Gasteiger charge is 2.31. The van der Waals surface area contributed by atoms with E-state index in [2.05, 4.69) is 10.3 Å². The molecule has 3 nitrogen and oxygen atoms in total. The number of nitrogens with one attached hydrogen (secondary N) is 1. The summed E-state index contributed by atoms with van der Waals surface area (Å²) in [6.07, 6.45) is -2.88. The van der Waals surface area contributed by atoms with E-state index in [0.717, 1.165) is 12.1 Å². The Labute approximate surface area is 119 Å². The SMILES string of the molecule is CC(NC(=O)c1cccc(C(F)(F)F)c1)c1ccccn1. The van der Waals surface area contributed by atoms with Crippen LogP contribution in [-0.2, 0) is 6.18 Å². The van der Waals surface area contributed by atoms with E-state index in [1.807, 2.05) is 0 Å². The molecule has 6 heteroatoms. The summed E-state index contributed by atoms with van der Waals surface area (Å²) in [5, 5.41) is 2.62. The minimum absolute atomic E-state index is 0.0346. The van der Waals surface area contributed by atoms with Crippen LogP contribution in [0.5, 0.6) is 0 Å². The highest BCUT2D eigenvalue weighted by atomic mass is 19.4. The first-order chi connectivity index (χ1) is 9.88. The molecular formula is C15H13F3N2O. The smallest absolute Gasteiger partial charge is 0.344 e. The molecule has 0 radical (unpaired) electrons. The maximum Gasteiger partial charge on any atom is 0.416 e. The van der Waals surface area contributed by atoms with E-state index >= 15 is 0 Å². The van der Waals surface area contributed by atoms with Crippen molar-refractivity contribution >= 4 is 5.91 Å². The summed E-state index contributed by atoms with van der Waals surface area (Å²) in [7, 11) is 0. The second-order valence-electron chi connectivity index (χ2n) is 4.53. The van der Waals surface area contributed by atoms with E-state index in [1.165, 1.54) is 12.1 Å². The highest BCUT2D eigenvalue weighted by molar-refractivity contribution is 5.94. The van der Waals surface area contributed by atoms with Gasteiger partial charge in [0, 0.05) is 11.8 Å². The Morgan fingerprint density at radius 2 is 1.95 bits per heavy atom. The van der Waals surface area contributed by atoms with E-state index in [1.54, 1.807) is 31.3 Å². The van der Waals surface area contributed by atoms with Gasteiger partial charge < -0.3 is 5.32 Å². The van der Waals surface area contributed by atoms with Gasteiger partial charge in [-0.25, -0.2) is 0 Å². The lowest BCUT2D eigenvalue weighted by molar-refractivity contribution is -0.137. The number of carbonyl (C=O) groups excluding carboxylic acids is 1. The second kappa shape index (κ2) is 5.95. The number of aromatic nitrogens is 1. The summed E-state index contributed by atoms with van der Waals surface area (Å²) in [6, 6.07) is 9.17. The molecule has 110 valence electrons. The van der Waals surface area contributed by atoms with Crippen molar-refractivity contribution in [3.63, 3.8) is 0 Å². The Morgan fingerprint density at radius 3 is 2.57 bits per heavy atom. The maximum atomic E-state index is 12.6. The lowest BCUT2D eigenvalue weighted by Gasteiger charge is -2.14. The fourth-order valence-corrected chi connectivity index (χ4v) is 1.82. The molecule has 1 amide bonds. The number of benzene rings is 1. The van der Waals surface area contributed by atoms with Gasteiger partial charge in [0.1, 0.15) is 0 Å². The molecule has 0 aliphatic heterocycles. The zero-order valence-corrected chi connectivity index (χ0v) is 11.2. The molecule has 0 fully saturated rings. The first-order valence-corrected chi connectivity index (χ1v) is 6.27. The Hall–Kier alpha value is -2.37. The molecular weight excluding hydrogens is 281 g/mol. The fraction of sp³-hybridized carbons (Fsp3) is 0.200. The monoisotopic (exact) mass is 294 g/mol. The van der Waals surface area contributed by atoms with Crippen LogP contribution in [0.4, 0.5) is 13.2 Å². The molecule has 2 rings (SSSR count). The first kappa shape index (κ1) is 15.0. The first-order valence-electron chi connectivity index (χ1n) is 6.27. The summed E-state index contributed by atoms with van der Waals surface area (Å²) in [6.45, 7) is 1.72. The van der Waals surface area contributed by atoms with E-state index in [4.69, 9.17) is 0 Å². The number of hydrogen-bond donors (Lipinski definition) is 1. The molecule has 1 aromatic heterocycles. The molecule has 1 aromatic carbocycles. The van der Waals surface area contributed by atoms with Crippen LogP contribution in [0.1, 0.15) is 34.6 Å². The summed E-state index contributed by atoms with van der Waals surface area (Å²) >= 11 is 0. The summed E-state index contributed by atoms with van der Waals surface area (Å²) in [5.41, 5.74) is -0.244. The van der Waals surface area contributed by atoms with Crippen LogP contribution in [0.2, 0.25) is 0 Å². The summed E-state index contributed by atoms with van der Waals surface area (Å²) in [5.74, 6) is -0.570. The molecule has 0 saturated carbocycles. The van der Waals surface area contributed by atoms with Crippen molar-refractivity contribution in [3.05, 3.63) is 65.5 Å². The predicted molar refractivity (Wildman–Crippen MR) is 71.6 cm³/mol. The molecule has 0 aliphatic carbocycles. The van der Waals surface area contributed by atoms with Gasteiger partial charge in [0.15, 0.2) is 0 Å². The van der Waals surface area contributed by atoms with Crippen molar-refractivity contribution in [1.29, 1.82) is 0 Å². The average Bonchev–Trinajstić information content (AvgIpc) is 2.47. The quantitative estimate of drug-likeness (QED) is 0.940. The van der Waals surface area contributed by atoms with Crippen molar-refractivity contribution in [2.24, 2.45) is 0 Å².